The number of nitrogens with one attached hydrogen (secondary N) is 3. The van der Waals surface area contributed by atoms with Gasteiger partial charge in [0.05, 0.1) is 11.0 Å². The van der Waals surface area contributed by atoms with Crippen molar-refractivity contribution in [1.82, 2.24) is 20.2 Å². The molecule has 40 heavy (non-hydrogen) atoms. The first-order chi connectivity index (χ1) is 19.2. The number of rotatable bonds is 17. The Morgan fingerprint density at radius 2 is 1.88 bits per heavy atom. The molecule has 1 fully saturated rings. The highest BCUT2D eigenvalue weighted by atomic mass is 79.9. The van der Waals surface area contributed by atoms with Gasteiger partial charge in [-0.3, -0.25) is 14.4 Å². The van der Waals surface area contributed by atoms with Gasteiger partial charge >= 0.3 is 0 Å². The summed E-state index contributed by atoms with van der Waals surface area (Å²) in [5.74, 6) is 1.79. The van der Waals surface area contributed by atoms with Crippen molar-refractivity contribution >= 4 is 51.0 Å². The second kappa shape index (κ2) is 16.1. The summed E-state index contributed by atoms with van der Waals surface area (Å²) in [6.45, 7) is 5.34. The lowest BCUT2D eigenvalue weighted by molar-refractivity contribution is -0.137. The van der Waals surface area contributed by atoms with E-state index in [0.717, 1.165) is 35.8 Å². The normalized spacial score (nSPS) is 12.9. The largest absolute Gasteiger partial charge is 0.492 e. The van der Waals surface area contributed by atoms with Crippen LogP contribution in [-0.4, -0.2) is 79.0 Å². The highest BCUT2D eigenvalue weighted by Gasteiger charge is 2.27. The van der Waals surface area contributed by atoms with Crippen LogP contribution in [0, 0.1) is 11.8 Å². The van der Waals surface area contributed by atoms with E-state index < -0.39 is 0 Å². The summed E-state index contributed by atoms with van der Waals surface area (Å²) in [7, 11) is 1.87. The summed E-state index contributed by atoms with van der Waals surface area (Å²) in [6, 6.07) is 7.32. The molecule has 2 aromatic rings. The minimum Gasteiger partial charge on any atom is -0.492 e. The number of aromatic nitrogens is 2. The Bertz CT molecular complexity index is 1130. The molecule has 0 spiro atoms. The monoisotopic (exact) mass is 618 g/mol. The van der Waals surface area contributed by atoms with Gasteiger partial charge in [-0.25, -0.2) is 4.98 Å². The van der Waals surface area contributed by atoms with Crippen LogP contribution in [0.2, 0.25) is 0 Å². The van der Waals surface area contributed by atoms with Crippen molar-refractivity contribution in [2.24, 2.45) is 11.8 Å². The molecule has 218 valence electrons. The first kappa shape index (κ1) is 31.3. The first-order valence-corrected chi connectivity index (χ1v) is 14.4. The molecule has 1 aliphatic rings. The molecule has 1 saturated carbocycles. The van der Waals surface area contributed by atoms with Gasteiger partial charge in [0, 0.05) is 43.9 Å². The summed E-state index contributed by atoms with van der Waals surface area (Å²) in [6.07, 6.45) is 5.68. The number of hydrogen-bond donors (Lipinski definition) is 3. The van der Waals surface area contributed by atoms with Gasteiger partial charge in [0.25, 0.3) is 0 Å². The number of ketones is 1. The zero-order valence-corrected chi connectivity index (χ0v) is 25.0. The van der Waals surface area contributed by atoms with Crippen LogP contribution in [0.15, 0.2) is 34.9 Å². The second-order valence-corrected chi connectivity index (χ2v) is 10.9. The SMILES string of the molecule is CC(C)C(=O)COCC(=O)NCCOc1ccc(Nc2ncc(Br)c(NCCCN(C)C(=O)C3CCC3)n2)cc1. The van der Waals surface area contributed by atoms with E-state index >= 15 is 0 Å². The average Bonchev–Trinajstić information content (AvgIpc) is 2.90. The van der Waals surface area contributed by atoms with E-state index in [9.17, 15) is 14.4 Å². The molecule has 3 rings (SSSR count). The maximum Gasteiger partial charge on any atom is 0.246 e. The fourth-order valence-electron chi connectivity index (χ4n) is 3.74. The van der Waals surface area contributed by atoms with Crippen LogP contribution < -0.4 is 20.7 Å². The number of anilines is 3. The highest BCUT2D eigenvalue weighted by Crippen LogP contribution is 2.28. The molecule has 1 aliphatic carbocycles. The molecular weight excluding hydrogens is 580 g/mol. The zero-order valence-electron chi connectivity index (χ0n) is 23.4. The van der Waals surface area contributed by atoms with Gasteiger partial charge in [-0.2, -0.15) is 4.98 Å². The quantitative estimate of drug-likeness (QED) is 0.226. The number of ether oxygens (including phenoxy) is 2. The minimum atomic E-state index is -0.297. The lowest BCUT2D eigenvalue weighted by Gasteiger charge is -2.29. The van der Waals surface area contributed by atoms with Crippen LogP contribution in [-0.2, 0) is 19.1 Å². The first-order valence-electron chi connectivity index (χ1n) is 13.6. The van der Waals surface area contributed by atoms with Crippen LogP contribution >= 0.6 is 15.9 Å². The van der Waals surface area contributed by atoms with Gasteiger partial charge in [0.15, 0.2) is 5.78 Å². The van der Waals surface area contributed by atoms with E-state index in [1.807, 2.05) is 36.2 Å². The molecule has 0 aliphatic heterocycles. The van der Waals surface area contributed by atoms with Crippen molar-refractivity contribution < 1.29 is 23.9 Å². The fraction of sp³-hybridized carbons (Fsp3) is 0.536. The number of nitrogens with zero attached hydrogens (tertiary/aromatic N) is 3. The topological polar surface area (TPSA) is 135 Å². The molecule has 0 atom stereocenters. The molecule has 1 aromatic heterocycles. The van der Waals surface area contributed by atoms with Gasteiger partial charge in [-0.1, -0.05) is 20.3 Å². The molecule has 11 nitrogen and oxygen atoms in total. The number of benzene rings is 1. The number of hydrogen-bond acceptors (Lipinski definition) is 9. The molecule has 0 saturated heterocycles. The molecule has 12 heteroatoms. The van der Waals surface area contributed by atoms with E-state index in [1.54, 1.807) is 20.0 Å². The lowest BCUT2D eigenvalue weighted by Crippen LogP contribution is -2.37. The van der Waals surface area contributed by atoms with Crippen LogP contribution in [0.4, 0.5) is 17.5 Å². The van der Waals surface area contributed by atoms with Gasteiger partial charge in [-0.15, -0.1) is 0 Å². The van der Waals surface area contributed by atoms with Crippen LogP contribution in [0.25, 0.3) is 0 Å². The standard InChI is InChI=1S/C28H39BrN6O5/c1-19(2)24(36)17-39-18-25(37)30-13-15-40-22-10-8-21(9-11-22)33-28-32-16-23(29)26(34-28)31-12-5-14-35(3)27(38)20-6-4-7-20/h8-11,16,19-20H,4-7,12-15,17-18H2,1-3H3,(H,30,37)(H2,31,32,33,34). The van der Waals surface area contributed by atoms with Crippen molar-refractivity contribution in [1.29, 1.82) is 0 Å². The molecule has 0 unspecified atom stereocenters. The van der Waals surface area contributed by atoms with Crippen molar-refractivity contribution in [3.8, 4) is 5.75 Å². The van der Waals surface area contributed by atoms with Crippen molar-refractivity contribution in [2.75, 3.05) is 57.1 Å². The Hall–Kier alpha value is -3.25. The van der Waals surface area contributed by atoms with E-state index in [1.165, 1.54) is 0 Å². The number of halogens is 1. The van der Waals surface area contributed by atoms with Crippen LogP contribution in [0.3, 0.4) is 0 Å². The lowest BCUT2D eigenvalue weighted by atomic mass is 9.84. The maximum absolute atomic E-state index is 12.3. The zero-order chi connectivity index (χ0) is 28.9. The molecule has 1 aromatic carbocycles. The molecular formula is C28H39BrN6O5. The molecule has 1 heterocycles. The Morgan fingerprint density at radius 3 is 2.55 bits per heavy atom. The van der Waals surface area contributed by atoms with Gasteiger partial charge in [-0.05, 0) is 59.5 Å². The molecule has 0 radical (unpaired) electrons. The summed E-state index contributed by atoms with van der Waals surface area (Å²) >= 11 is 3.48. The fourth-order valence-corrected chi connectivity index (χ4v) is 4.07. The minimum absolute atomic E-state index is 0.0364. The second-order valence-electron chi connectivity index (χ2n) is 10.0. The number of carbonyl (C=O) groups is 3. The van der Waals surface area contributed by atoms with Crippen molar-refractivity contribution in [3.63, 3.8) is 0 Å². The average molecular weight is 620 g/mol. The number of carbonyl (C=O) groups excluding carboxylic acids is 3. The third-order valence-electron chi connectivity index (χ3n) is 6.46. The third kappa shape index (κ3) is 10.4. The Kier molecular flexibility index (Phi) is 12.6. The van der Waals surface area contributed by atoms with Crippen LogP contribution in [0.1, 0.15) is 39.5 Å². The highest BCUT2D eigenvalue weighted by molar-refractivity contribution is 9.10. The summed E-state index contributed by atoms with van der Waals surface area (Å²) in [5.41, 5.74) is 0.790. The Balaban J connectivity index is 1.35. The van der Waals surface area contributed by atoms with Gasteiger partial charge < -0.3 is 30.3 Å². The summed E-state index contributed by atoms with van der Waals surface area (Å²) < 4.78 is 11.5. The Morgan fingerprint density at radius 1 is 1.12 bits per heavy atom. The van der Waals surface area contributed by atoms with E-state index in [0.29, 0.717) is 43.8 Å². The molecule has 2 amide bonds. The van der Waals surface area contributed by atoms with E-state index in [-0.39, 0.29) is 42.6 Å². The van der Waals surface area contributed by atoms with Crippen LogP contribution in [0.5, 0.6) is 5.75 Å². The van der Waals surface area contributed by atoms with Crippen molar-refractivity contribution in [2.45, 2.75) is 39.5 Å². The summed E-state index contributed by atoms with van der Waals surface area (Å²) in [5, 5.41) is 9.18. The molecule has 0 bridgehead atoms. The third-order valence-corrected chi connectivity index (χ3v) is 7.04. The number of Topliss-reactive ketones (excluding diaryl/α,β-unsaturated/α-hetero) is 1. The maximum atomic E-state index is 12.3. The predicted molar refractivity (Wildman–Crippen MR) is 157 cm³/mol. The number of amides is 2. The predicted octanol–water partition coefficient (Wildman–Crippen LogP) is 3.78. The van der Waals surface area contributed by atoms with Crippen molar-refractivity contribution in [3.05, 3.63) is 34.9 Å². The van der Waals surface area contributed by atoms with Gasteiger partial charge in [0.2, 0.25) is 17.8 Å². The van der Waals surface area contributed by atoms with E-state index in [2.05, 4.69) is 41.8 Å². The summed E-state index contributed by atoms with van der Waals surface area (Å²) in [4.78, 5) is 46.3. The molecule has 3 N–H and O–H groups in total. The Labute approximate surface area is 243 Å². The smallest absolute Gasteiger partial charge is 0.246 e. The van der Waals surface area contributed by atoms with Gasteiger partial charge in [0.1, 0.15) is 31.4 Å². The van der Waals surface area contributed by atoms with E-state index in [4.69, 9.17) is 9.47 Å².